The summed E-state index contributed by atoms with van der Waals surface area (Å²) in [4.78, 5) is 16.2. The maximum atomic E-state index is 12.2. The molecule has 0 saturated carbocycles. The minimum absolute atomic E-state index is 0.285. The Hall–Kier alpha value is -2.44. The minimum atomic E-state index is -0.300. The van der Waals surface area contributed by atoms with Crippen molar-refractivity contribution in [2.75, 3.05) is 17.9 Å². The largest absolute Gasteiger partial charge is 0.380 e. The van der Waals surface area contributed by atoms with E-state index in [2.05, 4.69) is 15.7 Å². The van der Waals surface area contributed by atoms with E-state index in [1.165, 1.54) is 0 Å². The smallest absolute Gasteiger partial charge is 0.274 e. The molecule has 1 amide bonds. The molecule has 0 fully saturated rings. The van der Waals surface area contributed by atoms with Gasteiger partial charge in [-0.25, -0.2) is 10.8 Å². The third-order valence-electron chi connectivity index (χ3n) is 2.70. The van der Waals surface area contributed by atoms with Crippen LogP contribution in [-0.2, 0) is 11.3 Å². The van der Waals surface area contributed by atoms with Gasteiger partial charge in [-0.05, 0) is 18.2 Å². The van der Waals surface area contributed by atoms with E-state index in [1.807, 2.05) is 24.3 Å². The summed E-state index contributed by atoms with van der Waals surface area (Å²) >= 11 is 0. The Morgan fingerprint density at radius 2 is 2.05 bits per heavy atom. The molecule has 104 valence electrons. The van der Waals surface area contributed by atoms with E-state index in [1.54, 1.807) is 25.3 Å². The van der Waals surface area contributed by atoms with Crippen LogP contribution in [0, 0.1) is 0 Å². The standard InChI is InChI=1S/C14H16N4O2/c1-20-9-10-5-2-3-6-11(10)17-14(19)12-7-4-8-13(16-12)18-15/h2-8H,9,15H2,1H3,(H,16,18)(H,17,19). The number of nitrogens with one attached hydrogen (secondary N) is 2. The summed E-state index contributed by atoms with van der Waals surface area (Å²) in [7, 11) is 1.61. The fraction of sp³-hybridized carbons (Fsp3) is 0.143. The number of pyridine rings is 1. The van der Waals surface area contributed by atoms with Crippen molar-refractivity contribution in [1.29, 1.82) is 0 Å². The number of benzene rings is 1. The average molecular weight is 272 g/mol. The number of hydrazine groups is 1. The molecule has 0 bridgehead atoms. The molecule has 1 aromatic heterocycles. The van der Waals surface area contributed by atoms with E-state index in [-0.39, 0.29) is 11.6 Å². The molecule has 20 heavy (non-hydrogen) atoms. The number of nitrogens with two attached hydrogens (primary N) is 1. The zero-order valence-corrected chi connectivity index (χ0v) is 11.1. The molecule has 2 rings (SSSR count). The van der Waals surface area contributed by atoms with E-state index in [0.29, 0.717) is 18.1 Å². The number of amides is 1. The van der Waals surface area contributed by atoms with E-state index < -0.39 is 0 Å². The van der Waals surface area contributed by atoms with Crippen LogP contribution < -0.4 is 16.6 Å². The van der Waals surface area contributed by atoms with Crippen LogP contribution in [0.5, 0.6) is 0 Å². The van der Waals surface area contributed by atoms with Gasteiger partial charge in [-0.15, -0.1) is 0 Å². The Balaban J connectivity index is 2.19. The molecule has 4 N–H and O–H groups in total. The lowest BCUT2D eigenvalue weighted by molar-refractivity contribution is 0.102. The highest BCUT2D eigenvalue weighted by Gasteiger charge is 2.10. The molecule has 2 aromatic rings. The third-order valence-corrected chi connectivity index (χ3v) is 2.70. The second-order valence-electron chi connectivity index (χ2n) is 4.10. The van der Waals surface area contributed by atoms with Crippen LogP contribution in [0.1, 0.15) is 16.1 Å². The molecule has 0 aliphatic carbocycles. The fourth-order valence-corrected chi connectivity index (χ4v) is 1.75. The number of methoxy groups -OCH3 is 1. The van der Waals surface area contributed by atoms with Gasteiger partial charge in [-0.3, -0.25) is 4.79 Å². The van der Waals surface area contributed by atoms with Gasteiger partial charge in [0, 0.05) is 18.4 Å². The number of aromatic nitrogens is 1. The monoisotopic (exact) mass is 272 g/mol. The van der Waals surface area contributed by atoms with Gasteiger partial charge in [0.05, 0.1) is 6.61 Å². The van der Waals surface area contributed by atoms with Gasteiger partial charge in [0.25, 0.3) is 5.91 Å². The summed E-state index contributed by atoms with van der Waals surface area (Å²) in [5.74, 6) is 5.41. The van der Waals surface area contributed by atoms with Crippen LogP contribution in [0.15, 0.2) is 42.5 Å². The summed E-state index contributed by atoms with van der Waals surface area (Å²) in [5.41, 5.74) is 4.29. The number of ether oxygens (including phenoxy) is 1. The van der Waals surface area contributed by atoms with Crippen molar-refractivity contribution >= 4 is 17.4 Å². The van der Waals surface area contributed by atoms with Crippen molar-refractivity contribution in [3.63, 3.8) is 0 Å². The molecule has 1 heterocycles. The summed E-state index contributed by atoms with van der Waals surface area (Å²) in [6.45, 7) is 0.425. The SMILES string of the molecule is COCc1ccccc1NC(=O)c1cccc(NN)n1. The summed E-state index contributed by atoms with van der Waals surface area (Å²) < 4.78 is 5.10. The number of rotatable bonds is 5. The third kappa shape index (κ3) is 3.31. The second kappa shape index (κ2) is 6.65. The van der Waals surface area contributed by atoms with Gasteiger partial charge in [0.1, 0.15) is 11.5 Å². The lowest BCUT2D eigenvalue weighted by Gasteiger charge is -2.10. The predicted molar refractivity (Wildman–Crippen MR) is 77.2 cm³/mol. The van der Waals surface area contributed by atoms with Crippen LogP contribution in [-0.4, -0.2) is 18.0 Å². The van der Waals surface area contributed by atoms with Gasteiger partial charge in [0.2, 0.25) is 0 Å². The summed E-state index contributed by atoms with van der Waals surface area (Å²) in [6, 6.07) is 12.5. The first kappa shape index (κ1) is 14.0. The van der Waals surface area contributed by atoms with Crippen molar-refractivity contribution in [2.45, 2.75) is 6.61 Å². The van der Waals surface area contributed by atoms with Gasteiger partial charge in [-0.1, -0.05) is 24.3 Å². The van der Waals surface area contributed by atoms with Gasteiger partial charge >= 0.3 is 0 Å². The van der Waals surface area contributed by atoms with Crippen LogP contribution >= 0.6 is 0 Å². The number of nitrogen functional groups attached to an aromatic ring is 1. The molecule has 0 radical (unpaired) electrons. The summed E-state index contributed by atoms with van der Waals surface area (Å²) in [6.07, 6.45) is 0. The number of anilines is 2. The first-order valence-corrected chi connectivity index (χ1v) is 6.06. The van der Waals surface area contributed by atoms with Crippen molar-refractivity contribution < 1.29 is 9.53 Å². The van der Waals surface area contributed by atoms with Crippen LogP contribution in [0.4, 0.5) is 11.5 Å². The van der Waals surface area contributed by atoms with Crippen molar-refractivity contribution in [3.05, 3.63) is 53.7 Å². The first-order chi connectivity index (χ1) is 9.74. The maximum absolute atomic E-state index is 12.2. The molecular formula is C14H16N4O2. The second-order valence-corrected chi connectivity index (χ2v) is 4.10. The van der Waals surface area contributed by atoms with Crippen LogP contribution in [0.25, 0.3) is 0 Å². The van der Waals surface area contributed by atoms with Gasteiger partial charge in [0.15, 0.2) is 0 Å². The van der Waals surface area contributed by atoms with Gasteiger partial charge in [-0.2, -0.15) is 0 Å². The predicted octanol–water partition coefficient (Wildman–Crippen LogP) is 1.77. The highest BCUT2D eigenvalue weighted by molar-refractivity contribution is 6.03. The van der Waals surface area contributed by atoms with Gasteiger partial charge < -0.3 is 15.5 Å². The molecule has 6 heteroatoms. The Kier molecular flexibility index (Phi) is 4.65. The molecule has 0 atom stereocenters. The first-order valence-electron chi connectivity index (χ1n) is 6.06. The normalized spacial score (nSPS) is 10.1. The molecule has 0 unspecified atom stereocenters. The molecule has 0 spiro atoms. The van der Waals surface area contributed by atoms with Crippen molar-refractivity contribution in [3.8, 4) is 0 Å². The highest BCUT2D eigenvalue weighted by atomic mass is 16.5. The van der Waals surface area contributed by atoms with E-state index >= 15 is 0 Å². The van der Waals surface area contributed by atoms with E-state index in [0.717, 1.165) is 5.56 Å². The number of carbonyl (C=O) groups excluding carboxylic acids is 1. The number of carbonyl (C=O) groups is 1. The van der Waals surface area contributed by atoms with Crippen molar-refractivity contribution in [1.82, 2.24) is 4.98 Å². The number of para-hydroxylation sites is 1. The molecule has 6 nitrogen and oxygen atoms in total. The highest BCUT2D eigenvalue weighted by Crippen LogP contribution is 2.17. The lowest BCUT2D eigenvalue weighted by Crippen LogP contribution is -2.17. The zero-order chi connectivity index (χ0) is 14.4. The number of nitrogens with zero attached hydrogens (tertiary/aromatic N) is 1. The summed E-state index contributed by atoms with van der Waals surface area (Å²) in [5, 5.41) is 2.81. The minimum Gasteiger partial charge on any atom is -0.380 e. The average Bonchev–Trinajstić information content (AvgIpc) is 2.49. The Labute approximate surface area is 116 Å². The Bertz CT molecular complexity index is 601. The van der Waals surface area contributed by atoms with E-state index in [4.69, 9.17) is 10.6 Å². The molecule has 0 aliphatic rings. The Morgan fingerprint density at radius 3 is 2.80 bits per heavy atom. The van der Waals surface area contributed by atoms with Crippen LogP contribution in [0.3, 0.4) is 0 Å². The maximum Gasteiger partial charge on any atom is 0.274 e. The van der Waals surface area contributed by atoms with Crippen LogP contribution in [0.2, 0.25) is 0 Å². The number of hydrogen-bond acceptors (Lipinski definition) is 5. The van der Waals surface area contributed by atoms with Crippen molar-refractivity contribution in [2.24, 2.45) is 5.84 Å². The molecule has 0 saturated heterocycles. The quantitative estimate of drug-likeness (QED) is 0.570. The number of hydrogen-bond donors (Lipinski definition) is 3. The molecular weight excluding hydrogens is 256 g/mol. The van der Waals surface area contributed by atoms with E-state index in [9.17, 15) is 4.79 Å². The molecule has 0 aliphatic heterocycles. The zero-order valence-electron chi connectivity index (χ0n) is 11.1. The fourth-order valence-electron chi connectivity index (χ4n) is 1.75. The molecule has 1 aromatic carbocycles. The topological polar surface area (TPSA) is 89.3 Å². The lowest BCUT2D eigenvalue weighted by atomic mass is 10.2. The Morgan fingerprint density at radius 1 is 1.25 bits per heavy atom.